The maximum atomic E-state index is 15.3. The van der Waals surface area contributed by atoms with Crippen LogP contribution in [-0.4, -0.2) is 59.7 Å². The Labute approximate surface area is 344 Å². The highest BCUT2D eigenvalue weighted by atomic mass is 35.5. The van der Waals surface area contributed by atoms with Crippen LogP contribution in [0.2, 0.25) is 5.02 Å². The SMILES string of the molecule is C#C[C@H]1CC(F)(F)c2c1c(C(F)F)nn2CC(=O)NC(Cc1cc(F)cc(F)c1)c1nc(C#CC(C)(C)O)ccc1-c1ccc(Cl)c2c(NC(=O)CNC3CC3)nn(C)c12. The molecule has 1 unspecified atom stereocenters. The van der Waals surface area contributed by atoms with Crippen molar-refractivity contribution >= 4 is 40.1 Å². The molecule has 2 amide bonds. The van der Waals surface area contributed by atoms with E-state index in [9.17, 15) is 32.3 Å². The van der Waals surface area contributed by atoms with Gasteiger partial charge in [0, 0.05) is 42.3 Å². The highest BCUT2D eigenvalue weighted by Gasteiger charge is 2.51. The van der Waals surface area contributed by atoms with Gasteiger partial charge in [0.1, 0.15) is 40.9 Å². The third-order valence-corrected chi connectivity index (χ3v) is 10.3. The first-order valence-corrected chi connectivity index (χ1v) is 19.1. The molecule has 11 nitrogen and oxygen atoms in total. The zero-order valence-electron chi connectivity index (χ0n) is 32.3. The molecule has 0 saturated heterocycles. The molecule has 2 aliphatic carbocycles. The number of nitrogens with zero attached hydrogens (tertiary/aromatic N) is 5. The molecular weight excluding hydrogens is 814 g/mol. The molecule has 4 N–H and O–H groups in total. The van der Waals surface area contributed by atoms with Crippen molar-refractivity contribution in [3.63, 3.8) is 0 Å². The average Bonchev–Trinajstić information content (AvgIpc) is 3.74. The van der Waals surface area contributed by atoms with E-state index < -0.39 is 77.4 Å². The lowest BCUT2D eigenvalue weighted by Crippen LogP contribution is -2.35. The molecule has 60 heavy (non-hydrogen) atoms. The molecule has 2 atom stereocenters. The molecule has 3 heterocycles. The van der Waals surface area contributed by atoms with Gasteiger partial charge in [-0.15, -0.1) is 6.42 Å². The van der Waals surface area contributed by atoms with E-state index in [0.717, 1.165) is 25.0 Å². The van der Waals surface area contributed by atoms with Crippen LogP contribution in [0.5, 0.6) is 0 Å². The van der Waals surface area contributed by atoms with E-state index in [4.69, 9.17) is 23.0 Å². The molecule has 1 fully saturated rings. The number of halogens is 7. The summed E-state index contributed by atoms with van der Waals surface area (Å²) in [5.74, 6) is -0.572. The third-order valence-electron chi connectivity index (χ3n) is 9.94. The molecular formula is C42H37ClF6N8O3. The number of aromatic nitrogens is 5. The highest BCUT2D eigenvalue weighted by Crippen LogP contribution is 2.51. The van der Waals surface area contributed by atoms with Crippen molar-refractivity contribution in [3.8, 4) is 35.3 Å². The van der Waals surface area contributed by atoms with Crippen molar-refractivity contribution < 1.29 is 41.0 Å². The number of hydrogen-bond donors (Lipinski definition) is 4. The van der Waals surface area contributed by atoms with Gasteiger partial charge >= 0.3 is 0 Å². The van der Waals surface area contributed by atoms with Crippen LogP contribution in [0.15, 0.2) is 42.5 Å². The van der Waals surface area contributed by atoms with Crippen molar-refractivity contribution in [1.29, 1.82) is 0 Å². The lowest BCUT2D eigenvalue weighted by atomic mass is 9.93. The van der Waals surface area contributed by atoms with Crippen LogP contribution in [0.3, 0.4) is 0 Å². The van der Waals surface area contributed by atoms with Crippen molar-refractivity contribution in [3.05, 3.63) is 93.0 Å². The van der Waals surface area contributed by atoms with Crippen LogP contribution in [0.1, 0.15) is 85.4 Å². The predicted octanol–water partition coefficient (Wildman–Crippen LogP) is 6.83. The van der Waals surface area contributed by atoms with Gasteiger partial charge in [-0.2, -0.15) is 19.0 Å². The minimum absolute atomic E-state index is 0.0379. The Morgan fingerprint density at radius 3 is 2.40 bits per heavy atom. The number of carbonyl (C=O) groups excluding carboxylic acids is 2. The fourth-order valence-corrected chi connectivity index (χ4v) is 7.53. The number of aryl methyl sites for hydroxylation is 1. The number of rotatable bonds is 12. The summed E-state index contributed by atoms with van der Waals surface area (Å²) in [5, 5.41) is 27.8. The van der Waals surface area contributed by atoms with Gasteiger partial charge in [-0.1, -0.05) is 29.5 Å². The van der Waals surface area contributed by atoms with Gasteiger partial charge in [0.05, 0.1) is 40.1 Å². The summed E-state index contributed by atoms with van der Waals surface area (Å²) < 4.78 is 90.1. The number of benzene rings is 2. The summed E-state index contributed by atoms with van der Waals surface area (Å²) >= 11 is 6.72. The smallest absolute Gasteiger partial charge is 0.291 e. The summed E-state index contributed by atoms with van der Waals surface area (Å²) in [5.41, 5.74) is -2.52. The number of fused-ring (bicyclic) bond motifs is 2. The number of hydrogen-bond acceptors (Lipinski definition) is 7. The maximum Gasteiger partial charge on any atom is 0.291 e. The second-order valence-electron chi connectivity index (χ2n) is 15.3. The predicted molar refractivity (Wildman–Crippen MR) is 210 cm³/mol. The van der Waals surface area contributed by atoms with Gasteiger partial charge in [-0.05, 0) is 74.9 Å². The summed E-state index contributed by atoms with van der Waals surface area (Å²) in [6, 6.07) is 8.00. The molecule has 0 radical (unpaired) electrons. The highest BCUT2D eigenvalue weighted by molar-refractivity contribution is 6.37. The summed E-state index contributed by atoms with van der Waals surface area (Å²) in [4.78, 5) is 31.7. The number of amides is 2. The second kappa shape index (κ2) is 16.3. The van der Waals surface area contributed by atoms with E-state index in [1.807, 2.05) is 0 Å². The number of nitrogens with one attached hydrogen (secondary N) is 3. The first-order valence-electron chi connectivity index (χ1n) is 18.7. The van der Waals surface area contributed by atoms with E-state index in [2.05, 4.69) is 43.9 Å². The van der Waals surface area contributed by atoms with Crippen molar-refractivity contribution in [2.45, 2.75) is 82.0 Å². The molecule has 18 heteroatoms. The summed E-state index contributed by atoms with van der Waals surface area (Å²) in [6.07, 6.45) is 2.80. The van der Waals surface area contributed by atoms with Crippen LogP contribution < -0.4 is 16.0 Å². The molecule has 1 saturated carbocycles. The monoisotopic (exact) mass is 850 g/mol. The molecule has 312 valence electrons. The molecule has 0 spiro atoms. The van der Waals surface area contributed by atoms with Gasteiger partial charge in [0.15, 0.2) is 5.82 Å². The topological polar surface area (TPSA) is 139 Å². The molecule has 3 aromatic heterocycles. The normalized spacial score (nSPS) is 16.3. The molecule has 2 aliphatic rings. The van der Waals surface area contributed by atoms with Crippen LogP contribution in [0.4, 0.5) is 32.2 Å². The van der Waals surface area contributed by atoms with Crippen LogP contribution in [0.25, 0.3) is 22.0 Å². The summed E-state index contributed by atoms with van der Waals surface area (Å²) in [6.45, 7) is 1.96. The minimum Gasteiger partial charge on any atom is -0.378 e. The zero-order valence-corrected chi connectivity index (χ0v) is 33.1. The van der Waals surface area contributed by atoms with E-state index in [1.54, 1.807) is 25.2 Å². The lowest BCUT2D eigenvalue weighted by Gasteiger charge is -2.23. The average molecular weight is 851 g/mol. The fraction of sp³-hybridized carbons (Fsp3) is 0.357. The zero-order chi connectivity index (χ0) is 43.3. The number of pyridine rings is 1. The maximum absolute atomic E-state index is 15.3. The van der Waals surface area contributed by atoms with Gasteiger partial charge in [-0.25, -0.2) is 22.5 Å². The quantitative estimate of drug-likeness (QED) is 0.0798. The fourth-order valence-electron chi connectivity index (χ4n) is 7.29. The Kier molecular flexibility index (Phi) is 11.5. The lowest BCUT2D eigenvalue weighted by molar-refractivity contribution is -0.123. The Hall–Kier alpha value is -5.88. The summed E-state index contributed by atoms with van der Waals surface area (Å²) in [7, 11) is 1.61. The second-order valence-corrected chi connectivity index (χ2v) is 15.7. The Morgan fingerprint density at radius 2 is 1.75 bits per heavy atom. The van der Waals surface area contributed by atoms with Gasteiger partial charge in [0.25, 0.3) is 12.3 Å². The molecule has 7 rings (SSSR count). The van der Waals surface area contributed by atoms with E-state index >= 15 is 8.78 Å². The van der Waals surface area contributed by atoms with E-state index in [-0.39, 0.29) is 52.7 Å². The molecule has 5 aromatic rings. The van der Waals surface area contributed by atoms with Gasteiger partial charge in [0.2, 0.25) is 11.8 Å². The number of carbonyl (C=O) groups is 2. The first kappa shape index (κ1) is 42.3. The minimum atomic E-state index is -3.69. The van der Waals surface area contributed by atoms with Crippen molar-refractivity contribution in [1.82, 2.24) is 35.2 Å². The Morgan fingerprint density at radius 1 is 1.05 bits per heavy atom. The number of alkyl halides is 4. The van der Waals surface area contributed by atoms with E-state index in [0.29, 0.717) is 32.8 Å². The largest absolute Gasteiger partial charge is 0.378 e. The van der Waals surface area contributed by atoms with E-state index in [1.165, 1.54) is 24.6 Å². The van der Waals surface area contributed by atoms with Crippen molar-refractivity contribution in [2.24, 2.45) is 7.05 Å². The molecule has 0 bridgehead atoms. The number of terminal acetylenes is 1. The first-order chi connectivity index (χ1) is 28.3. The Bertz CT molecular complexity index is 2610. The van der Waals surface area contributed by atoms with Gasteiger partial charge < -0.3 is 21.1 Å². The Balaban J connectivity index is 1.36. The third kappa shape index (κ3) is 8.99. The van der Waals surface area contributed by atoms with Crippen molar-refractivity contribution in [2.75, 3.05) is 11.9 Å². The van der Waals surface area contributed by atoms with Crippen LogP contribution >= 0.6 is 11.6 Å². The standard InChI is InChI=1S/C42H37ClF6N8O3/c1-5-22-18-42(48,49)38-33(22)36(39(46)47)54-57(38)20-32(59)52-30(16-21-14-23(44)17-24(45)15-21)35-27(9-8-26(51-35)12-13-41(2,3)60)28-10-11-29(43)34-37(28)56(4)55-40(34)53-31(58)19-50-25-6-7-25/h1,8-11,14-15,17,22,25,30,39,50,60H,6-7,16,18-20H2,2-4H3,(H,52,59)(H,53,55,58)/t22-,30?/m0/s1. The number of anilines is 1. The van der Waals surface area contributed by atoms with Gasteiger partial charge in [-0.3, -0.25) is 19.0 Å². The van der Waals surface area contributed by atoms with Crippen LogP contribution in [0, 0.1) is 35.8 Å². The molecule has 2 aromatic carbocycles. The number of aliphatic hydroxyl groups is 1. The van der Waals surface area contributed by atoms with Crippen LogP contribution in [-0.2, 0) is 35.5 Å². The molecule has 0 aliphatic heterocycles.